The number of benzene rings is 3. The molecule has 1 aliphatic carbocycles. The first-order chi connectivity index (χ1) is 18.5. The number of fused-ring (bicyclic) bond motifs is 3. The summed E-state index contributed by atoms with van der Waals surface area (Å²) in [4.78, 5) is 0. The quantitative estimate of drug-likeness (QED) is 0.336. The van der Waals surface area contributed by atoms with Crippen LogP contribution in [0.25, 0.3) is 0 Å². The Balaban J connectivity index is 1.63. The fourth-order valence-corrected chi connectivity index (χ4v) is 6.93. The van der Waals surface area contributed by atoms with Gasteiger partial charge in [0.1, 0.15) is 34.2 Å². The molecule has 3 atom stereocenters. The van der Waals surface area contributed by atoms with E-state index in [1.165, 1.54) is 0 Å². The Morgan fingerprint density at radius 3 is 2.23 bits per heavy atom. The van der Waals surface area contributed by atoms with Gasteiger partial charge in [-0.3, -0.25) is 0 Å². The standard InChI is InChI=1S/C33H40O6/c1-30(2,21-34)20-31(3,4)38-25-18-27(37-6)29-28(19-25)39-33(23-12-14-24(36-5)15-13-23)26(16-17-32(29,33)35)22-10-8-7-9-11-22/h7-15,18-19,26,34-35H,16-17,20-21H2,1-6H3/t26-,32+,33-/m0/s1. The molecule has 208 valence electrons. The number of rotatable bonds is 9. The maximum absolute atomic E-state index is 12.7. The molecule has 0 saturated heterocycles. The van der Waals surface area contributed by atoms with Crippen LogP contribution in [-0.2, 0) is 11.2 Å². The Kier molecular flexibility index (Phi) is 6.84. The molecule has 0 amide bonds. The number of hydrogen-bond donors (Lipinski definition) is 2. The van der Waals surface area contributed by atoms with Crippen molar-refractivity contribution in [3.63, 3.8) is 0 Å². The summed E-state index contributed by atoms with van der Waals surface area (Å²) in [7, 11) is 3.25. The second kappa shape index (κ2) is 9.76. The molecule has 2 N–H and O–H groups in total. The molecule has 6 nitrogen and oxygen atoms in total. The van der Waals surface area contributed by atoms with Gasteiger partial charge in [0.25, 0.3) is 0 Å². The van der Waals surface area contributed by atoms with Crippen molar-refractivity contribution >= 4 is 0 Å². The van der Waals surface area contributed by atoms with Gasteiger partial charge >= 0.3 is 0 Å². The predicted octanol–water partition coefficient (Wildman–Crippen LogP) is 6.32. The highest BCUT2D eigenvalue weighted by Crippen LogP contribution is 2.68. The van der Waals surface area contributed by atoms with Crippen LogP contribution >= 0.6 is 0 Å². The fraction of sp³-hybridized carbons (Fsp3) is 0.455. The van der Waals surface area contributed by atoms with E-state index >= 15 is 0 Å². The Labute approximate surface area is 231 Å². The normalized spacial score (nSPS) is 24.1. The first-order valence-corrected chi connectivity index (χ1v) is 13.6. The molecule has 0 radical (unpaired) electrons. The minimum absolute atomic E-state index is 0.0642. The fourth-order valence-electron chi connectivity index (χ4n) is 6.93. The summed E-state index contributed by atoms with van der Waals surface area (Å²) in [6.07, 6.45) is 1.90. The first kappa shape index (κ1) is 27.4. The summed E-state index contributed by atoms with van der Waals surface area (Å²) in [6.45, 7) is 8.12. The number of ether oxygens (including phenoxy) is 4. The maximum Gasteiger partial charge on any atom is 0.174 e. The molecule has 3 aromatic carbocycles. The topological polar surface area (TPSA) is 77.4 Å². The number of aliphatic hydroxyl groups excluding tert-OH is 1. The van der Waals surface area contributed by atoms with Crippen molar-refractivity contribution in [1.29, 1.82) is 0 Å². The van der Waals surface area contributed by atoms with Gasteiger partial charge in [-0.05, 0) is 61.8 Å². The van der Waals surface area contributed by atoms with Gasteiger partial charge in [0.2, 0.25) is 0 Å². The summed E-state index contributed by atoms with van der Waals surface area (Å²) in [5.74, 6) is 2.33. The van der Waals surface area contributed by atoms with Gasteiger partial charge in [0.05, 0.1) is 19.8 Å². The van der Waals surface area contributed by atoms with Crippen LogP contribution in [0.2, 0.25) is 0 Å². The zero-order valence-electron chi connectivity index (χ0n) is 23.8. The van der Waals surface area contributed by atoms with Crippen LogP contribution in [0.1, 0.15) is 69.6 Å². The van der Waals surface area contributed by atoms with Crippen LogP contribution < -0.4 is 18.9 Å². The highest BCUT2D eigenvalue weighted by Gasteiger charge is 2.69. The predicted molar refractivity (Wildman–Crippen MR) is 151 cm³/mol. The minimum atomic E-state index is -1.32. The molecule has 6 heteroatoms. The van der Waals surface area contributed by atoms with Crippen LogP contribution in [0.5, 0.6) is 23.0 Å². The van der Waals surface area contributed by atoms with E-state index in [-0.39, 0.29) is 17.9 Å². The second-order valence-electron chi connectivity index (χ2n) is 12.3. The monoisotopic (exact) mass is 532 g/mol. The van der Waals surface area contributed by atoms with Gasteiger partial charge in [-0.15, -0.1) is 0 Å². The third kappa shape index (κ3) is 4.53. The second-order valence-corrected chi connectivity index (χ2v) is 12.3. The van der Waals surface area contributed by atoms with E-state index in [1.807, 2.05) is 82.3 Å². The zero-order chi connectivity index (χ0) is 28.1. The SMILES string of the molecule is COc1ccc([C@@]23Oc4cc(OC(C)(C)CC(C)(C)CO)cc(OC)c4[C@]2(O)CC[C@H]3c2ccccc2)cc1. The van der Waals surface area contributed by atoms with Crippen molar-refractivity contribution < 1.29 is 29.2 Å². The van der Waals surface area contributed by atoms with Gasteiger partial charge < -0.3 is 29.2 Å². The minimum Gasteiger partial charge on any atom is -0.497 e. The molecule has 1 aliphatic heterocycles. The zero-order valence-corrected chi connectivity index (χ0v) is 23.8. The van der Waals surface area contributed by atoms with Gasteiger partial charge in [-0.1, -0.05) is 56.3 Å². The molecule has 1 heterocycles. The van der Waals surface area contributed by atoms with E-state index in [9.17, 15) is 10.2 Å². The Bertz CT molecular complexity index is 1320. The summed E-state index contributed by atoms with van der Waals surface area (Å²) in [5.41, 5.74) is -0.604. The van der Waals surface area contributed by atoms with Gasteiger partial charge in [-0.25, -0.2) is 0 Å². The molecule has 0 bridgehead atoms. The molecule has 0 spiro atoms. The smallest absolute Gasteiger partial charge is 0.174 e. The average molecular weight is 533 g/mol. The van der Waals surface area contributed by atoms with Crippen molar-refractivity contribution in [1.82, 2.24) is 0 Å². The third-order valence-corrected chi connectivity index (χ3v) is 8.29. The van der Waals surface area contributed by atoms with E-state index in [1.54, 1.807) is 14.2 Å². The van der Waals surface area contributed by atoms with Gasteiger partial charge in [0, 0.05) is 24.7 Å². The lowest BCUT2D eigenvalue weighted by Crippen LogP contribution is -2.48. The number of aliphatic hydroxyl groups is 2. The summed E-state index contributed by atoms with van der Waals surface area (Å²) in [6, 6.07) is 21.8. The van der Waals surface area contributed by atoms with Crippen molar-refractivity contribution in [3.05, 3.63) is 83.4 Å². The van der Waals surface area contributed by atoms with Crippen LogP contribution in [0.15, 0.2) is 66.7 Å². The molecule has 2 aliphatic rings. The summed E-state index contributed by atoms with van der Waals surface area (Å²) < 4.78 is 24.8. The van der Waals surface area contributed by atoms with Crippen molar-refractivity contribution in [3.8, 4) is 23.0 Å². The van der Waals surface area contributed by atoms with Crippen LogP contribution in [0.4, 0.5) is 0 Å². The highest BCUT2D eigenvalue weighted by atomic mass is 16.5. The molecule has 0 unspecified atom stereocenters. The van der Waals surface area contributed by atoms with Crippen LogP contribution in [0, 0.1) is 5.41 Å². The van der Waals surface area contributed by atoms with E-state index in [2.05, 4.69) is 12.1 Å². The Morgan fingerprint density at radius 2 is 1.62 bits per heavy atom. The Hall–Kier alpha value is -3.22. The van der Waals surface area contributed by atoms with Gasteiger partial charge in [0.15, 0.2) is 5.60 Å². The molecule has 1 fully saturated rings. The molecule has 39 heavy (non-hydrogen) atoms. The highest BCUT2D eigenvalue weighted by molar-refractivity contribution is 5.61. The lowest BCUT2D eigenvalue weighted by Gasteiger charge is -2.40. The van der Waals surface area contributed by atoms with Crippen molar-refractivity contribution in [2.45, 2.75) is 69.7 Å². The van der Waals surface area contributed by atoms with Crippen LogP contribution in [-0.4, -0.2) is 36.6 Å². The molecule has 5 rings (SSSR count). The molecular weight excluding hydrogens is 492 g/mol. The van der Waals surface area contributed by atoms with Crippen molar-refractivity contribution in [2.24, 2.45) is 5.41 Å². The molecular formula is C33H40O6. The number of hydrogen-bond acceptors (Lipinski definition) is 6. The summed E-state index contributed by atoms with van der Waals surface area (Å²) >= 11 is 0. The Morgan fingerprint density at radius 1 is 0.923 bits per heavy atom. The van der Waals surface area contributed by atoms with Crippen molar-refractivity contribution in [2.75, 3.05) is 20.8 Å². The van der Waals surface area contributed by atoms with E-state index in [0.717, 1.165) is 23.3 Å². The molecule has 1 saturated carbocycles. The third-order valence-electron chi connectivity index (χ3n) is 8.29. The van der Waals surface area contributed by atoms with E-state index in [0.29, 0.717) is 35.7 Å². The van der Waals surface area contributed by atoms with Crippen LogP contribution in [0.3, 0.4) is 0 Å². The number of methoxy groups -OCH3 is 2. The van der Waals surface area contributed by atoms with Gasteiger partial charge in [-0.2, -0.15) is 0 Å². The molecule has 3 aromatic rings. The largest absolute Gasteiger partial charge is 0.497 e. The van der Waals surface area contributed by atoms with E-state index in [4.69, 9.17) is 18.9 Å². The van der Waals surface area contributed by atoms with E-state index < -0.39 is 16.8 Å². The lowest BCUT2D eigenvalue weighted by molar-refractivity contribution is -0.106. The first-order valence-electron chi connectivity index (χ1n) is 13.6. The average Bonchev–Trinajstić information content (AvgIpc) is 3.34. The summed E-state index contributed by atoms with van der Waals surface area (Å²) in [5, 5.41) is 22.5. The lowest BCUT2D eigenvalue weighted by atomic mass is 9.71. The molecule has 0 aromatic heterocycles. The maximum atomic E-state index is 12.7.